The van der Waals surface area contributed by atoms with E-state index in [1.807, 2.05) is 0 Å². The lowest BCUT2D eigenvalue weighted by molar-refractivity contribution is 0.00486. The lowest BCUT2D eigenvalue weighted by Gasteiger charge is -2.12. The van der Waals surface area contributed by atoms with Gasteiger partial charge in [0.15, 0.2) is 0 Å². The summed E-state index contributed by atoms with van der Waals surface area (Å²) in [5, 5.41) is 9.68. The predicted octanol–water partition coefficient (Wildman–Crippen LogP) is 1.37. The van der Waals surface area contributed by atoms with Gasteiger partial charge in [-0.25, -0.2) is 13.8 Å². The van der Waals surface area contributed by atoms with E-state index in [0.717, 1.165) is 0 Å². The Bertz CT molecular complexity index is 323. The maximum atomic E-state index is 11.7. The number of aliphatic hydroxyl groups is 1. The van der Waals surface area contributed by atoms with Crippen LogP contribution in [0.5, 0.6) is 0 Å². The number of hydrogen-bond donors (Lipinski definition) is 2. The molecule has 1 rings (SSSR count). The van der Waals surface area contributed by atoms with Gasteiger partial charge in [0, 0.05) is 24.8 Å². The van der Waals surface area contributed by atoms with Crippen LogP contribution in [0.1, 0.15) is 18.1 Å². The van der Waals surface area contributed by atoms with Crippen molar-refractivity contribution >= 4 is 5.82 Å². The van der Waals surface area contributed by atoms with Crippen molar-refractivity contribution in [2.45, 2.75) is 19.0 Å². The van der Waals surface area contributed by atoms with Crippen LogP contribution in [0.25, 0.3) is 0 Å². The molecule has 90 valence electrons. The molecule has 0 bridgehead atoms. The summed E-state index contributed by atoms with van der Waals surface area (Å²) in [5.41, 5.74) is 6.03. The molecule has 0 amide bonds. The topological polar surface area (TPSA) is 68.4 Å². The smallest absolute Gasteiger partial charge is 0.261 e. The Morgan fingerprint density at radius 3 is 2.88 bits per heavy atom. The van der Waals surface area contributed by atoms with Crippen molar-refractivity contribution in [1.82, 2.24) is 4.98 Å². The molecule has 0 fully saturated rings. The SMILES string of the molecule is Nc1ncccc1C(O)CCOCC(F)F. The Morgan fingerprint density at radius 1 is 1.50 bits per heavy atom. The summed E-state index contributed by atoms with van der Waals surface area (Å²) in [7, 11) is 0. The zero-order valence-corrected chi connectivity index (χ0v) is 8.64. The third kappa shape index (κ3) is 4.08. The quantitative estimate of drug-likeness (QED) is 0.727. The van der Waals surface area contributed by atoms with Crippen molar-refractivity contribution in [3.8, 4) is 0 Å². The number of rotatable bonds is 6. The van der Waals surface area contributed by atoms with Gasteiger partial charge in [-0.2, -0.15) is 0 Å². The number of aromatic nitrogens is 1. The first-order valence-electron chi connectivity index (χ1n) is 4.85. The molecule has 0 radical (unpaired) electrons. The van der Waals surface area contributed by atoms with E-state index in [0.29, 0.717) is 5.56 Å². The van der Waals surface area contributed by atoms with E-state index in [9.17, 15) is 13.9 Å². The lowest BCUT2D eigenvalue weighted by Crippen LogP contribution is -2.10. The number of pyridine rings is 1. The zero-order valence-electron chi connectivity index (χ0n) is 8.64. The van der Waals surface area contributed by atoms with E-state index in [1.165, 1.54) is 6.20 Å². The Kier molecular flexibility index (Phi) is 5.07. The number of nitrogens with two attached hydrogens (primary N) is 1. The summed E-state index contributed by atoms with van der Waals surface area (Å²) in [6.07, 6.45) is -1.60. The van der Waals surface area contributed by atoms with Gasteiger partial charge in [-0.05, 0) is 6.07 Å². The van der Waals surface area contributed by atoms with Gasteiger partial charge in [0.05, 0.1) is 6.10 Å². The van der Waals surface area contributed by atoms with Crippen molar-refractivity contribution in [2.75, 3.05) is 18.9 Å². The van der Waals surface area contributed by atoms with E-state index < -0.39 is 19.1 Å². The predicted molar refractivity (Wildman–Crippen MR) is 55.0 cm³/mol. The summed E-state index contributed by atoms with van der Waals surface area (Å²) >= 11 is 0. The van der Waals surface area contributed by atoms with E-state index >= 15 is 0 Å². The summed E-state index contributed by atoms with van der Waals surface area (Å²) < 4.78 is 28.1. The molecule has 0 aliphatic carbocycles. The van der Waals surface area contributed by atoms with Gasteiger partial charge in [0.2, 0.25) is 0 Å². The number of halogens is 2. The van der Waals surface area contributed by atoms with Crippen LogP contribution < -0.4 is 5.73 Å². The molecular formula is C10H14F2N2O2. The Balaban J connectivity index is 2.35. The second-order valence-corrected chi connectivity index (χ2v) is 3.25. The van der Waals surface area contributed by atoms with Crippen molar-refractivity contribution in [1.29, 1.82) is 0 Å². The number of nitrogen functional groups attached to an aromatic ring is 1. The van der Waals surface area contributed by atoms with Crippen molar-refractivity contribution < 1.29 is 18.6 Å². The average molecular weight is 232 g/mol. The average Bonchev–Trinajstić information content (AvgIpc) is 2.24. The van der Waals surface area contributed by atoms with E-state index in [2.05, 4.69) is 9.72 Å². The molecule has 0 saturated heterocycles. The number of aliphatic hydroxyl groups excluding tert-OH is 1. The molecule has 3 N–H and O–H groups in total. The molecule has 1 aromatic rings. The van der Waals surface area contributed by atoms with Crippen molar-refractivity contribution in [2.24, 2.45) is 0 Å². The highest BCUT2D eigenvalue weighted by Crippen LogP contribution is 2.20. The Morgan fingerprint density at radius 2 is 2.25 bits per heavy atom. The summed E-state index contributed by atoms with van der Waals surface area (Å²) in [4.78, 5) is 3.81. The standard InChI is InChI=1S/C10H14F2N2O2/c11-9(12)6-16-5-3-8(15)7-2-1-4-14-10(7)13/h1-2,4,8-9,15H,3,5-6H2,(H2,13,14). The van der Waals surface area contributed by atoms with Crippen LogP contribution in [-0.4, -0.2) is 29.7 Å². The van der Waals surface area contributed by atoms with Gasteiger partial charge in [-0.3, -0.25) is 0 Å². The second kappa shape index (κ2) is 6.34. The summed E-state index contributed by atoms with van der Waals surface area (Å²) in [5.74, 6) is 0.240. The van der Waals surface area contributed by atoms with Crippen LogP contribution in [-0.2, 0) is 4.74 Å². The summed E-state index contributed by atoms with van der Waals surface area (Å²) in [6.45, 7) is -0.560. The minimum atomic E-state index is -2.49. The molecule has 1 unspecified atom stereocenters. The Hall–Kier alpha value is -1.27. The fourth-order valence-corrected chi connectivity index (χ4v) is 1.23. The van der Waals surface area contributed by atoms with E-state index in [-0.39, 0.29) is 18.8 Å². The minimum absolute atomic E-state index is 0.0554. The first kappa shape index (κ1) is 12.8. The molecule has 4 nitrogen and oxygen atoms in total. The van der Waals surface area contributed by atoms with Crippen LogP contribution in [0, 0.1) is 0 Å². The molecule has 0 saturated carbocycles. The van der Waals surface area contributed by atoms with Crippen LogP contribution in [0.4, 0.5) is 14.6 Å². The molecule has 0 spiro atoms. The number of nitrogens with zero attached hydrogens (tertiary/aromatic N) is 1. The monoisotopic (exact) mass is 232 g/mol. The second-order valence-electron chi connectivity index (χ2n) is 3.25. The summed E-state index contributed by atoms with van der Waals surface area (Å²) in [6, 6.07) is 3.29. The van der Waals surface area contributed by atoms with E-state index in [1.54, 1.807) is 12.1 Å². The highest BCUT2D eigenvalue weighted by atomic mass is 19.3. The fourth-order valence-electron chi connectivity index (χ4n) is 1.23. The highest BCUT2D eigenvalue weighted by Gasteiger charge is 2.11. The molecule has 6 heteroatoms. The molecule has 0 aromatic carbocycles. The van der Waals surface area contributed by atoms with Gasteiger partial charge in [0.1, 0.15) is 12.4 Å². The van der Waals surface area contributed by atoms with Crippen molar-refractivity contribution in [3.63, 3.8) is 0 Å². The van der Waals surface area contributed by atoms with Crippen molar-refractivity contribution in [3.05, 3.63) is 23.9 Å². The molecule has 16 heavy (non-hydrogen) atoms. The molecule has 1 aromatic heterocycles. The minimum Gasteiger partial charge on any atom is -0.388 e. The van der Waals surface area contributed by atoms with Crippen LogP contribution in [0.2, 0.25) is 0 Å². The molecule has 1 atom stereocenters. The number of alkyl halides is 2. The first-order valence-corrected chi connectivity index (χ1v) is 4.85. The molecule has 0 aliphatic rings. The third-order valence-corrected chi connectivity index (χ3v) is 2.01. The van der Waals surface area contributed by atoms with Gasteiger partial charge < -0.3 is 15.6 Å². The van der Waals surface area contributed by atoms with Crippen LogP contribution in [0.3, 0.4) is 0 Å². The maximum Gasteiger partial charge on any atom is 0.261 e. The zero-order chi connectivity index (χ0) is 12.0. The van der Waals surface area contributed by atoms with Gasteiger partial charge in [-0.15, -0.1) is 0 Å². The molecule has 0 aliphatic heterocycles. The van der Waals surface area contributed by atoms with Crippen LogP contribution in [0.15, 0.2) is 18.3 Å². The maximum absolute atomic E-state index is 11.7. The lowest BCUT2D eigenvalue weighted by atomic mass is 10.1. The number of anilines is 1. The normalized spacial score (nSPS) is 13.0. The van der Waals surface area contributed by atoms with Gasteiger partial charge >= 0.3 is 0 Å². The van der Waals surface area contributed by atoms with Crippen LogP contribution >= 0.6 is 0 Å². The molecular weight excluding hydrogens is 218 g/mol. The number of ether oxygens (including phenoxy) is 1. The third-order valence-electron chi connectivity index (χ3n) is 2.01. The largest absolute Gasteiger partial charge is 0.388 e. The first-order chi connectivity index (χ1) is 7.61. The number of hydrogen-bond acceptors (Lipinski definition) is 4. The highest BCUT2D eigenvalue weighted by molar-refractivity contribution is 5.39. The Labute approximate surface area is 92.1 Å². The van der Waals surface area contributed by atoms with Gasteiger partial charge in [-0.1, -0.05) is 6.07 Å². The van der Waals surface area contributed by atoms with Gasteiger partial charge in [0.25, 0.3) is 6.43 Å². The molecule has 1 heterocycles. The fraction of sp³-hybridized carbons (Fsp3) is 0.500. The van der Waals surface area contributed by atoms with E-state index in [4.69, 9.17) is 5.73 Å².